The smallest absolute Gasteiger partial charge is 0.272 e. The van der Waals surface area contributed by atoms with Crippen LogP contribution in [0.5, 0.6) is 17.2 Å². The molecule has 0 aliphatic carbocycles. The number of fused-ring (bicyclic) bond motifs is 1. The summed E-state index contributed by atoms with van der Waals surface area (Å²) >= 11 is 0. The third-order valence-electron chi connectivity index (χ3n) is 5.11. The zero-order valence-corrected chi connectivity index (χ0v) is 18.3. The molecule has 0 atom stereocenters. The van der Waals surface area contributed by atoms with Crippen LogP contribution in [0.2, 0.25) is 0 Å². The molecular formula is C23H29N3O4. The topological polar surface area (TPSA) is 75.8 Å². The van der Waals surface area contributed by atoms with Crippen molar-refractivity contribution in [1.82, 2.24) is 4.98 Å². The van der Waals surface area contributed by atoms with E-state index in [0.29, 0.717) is 34.5 Å². The molecule has 0 saturated carbocycles. The zero-order valence-electron chi connectivity index (χ0n) is 18.3. The van der Waals surface area contributed by atoms with E-state index in [2.05, 4.69) is 36.0 Å². The summed E-state index contributed by atoms with van der Waals surface area (Å²) in [7, 11) is 4.69. The molecule has 1 amide bonds. The molecule has 1 heterocycles. The number of ether oxygens (including phenoxy) is 3. The Morgan fingerprint density at radius 2 is 1.70 bits per heavy atom. The van der Waals surface area contributed by atoms with E-state index in [1.165, 1.54) is 0 Å². The van der Waals surface area contributed by atoms with Gasteiger partial charge >= 0.3 is 0 Å². The minimum Gasteiger partial charge on any atom is -0.496 e. The second-order valence-electron chi connectivity index (χ2n) is 7.17. The molecule has 160 valence electrons. The number of carbonyl (C=O) groups is 1. The van der Waals surface area contributed by atoms with Crippen LogP contribution in [-0.2, 0) is 0 Å². The van der Waals surface area contributed by atoms with Crippen LogP contribution in [0.1, 0.15) is 31.3 Å². The lowest BCUT2D eigenvalue weighted by molar-refractivity contribution is 0.102. The standard InChI is InChI=1S/C23H29N3O4/c1-7-26(14(2)3)16-10-8-15(9-11-16)24-23(27)18-12-17-19(28-4)13-20(29-5)22(30-6)21(17)25-18/h8-14,25H,7H2,1-6H3,(H,24,27). The lowest BCUT2D eigenvalue weighted by Gasteiger charge is -2.27. The lowest BCUT2D eigenvalue weighted by atomic mass is 10.2. The van der Waals surface area contributed by atoms with E-state index < -0.39 is 0 Å². The molecule has 7 nitrogen and oxygen atoms in total. The molecular weight excluding hydrogens is 382 g/mol. The van der Waals surface area contributed by atoms with Crippen LogP contribution in [0, 0.1) is 0 Å². The summed E-state index contributed by atoms with van der Waals surface area (Å²) in [6, 6.07) is 11.7. The fraction of sp³-hybridized carbons (Fsp3) is 0.348. The number of carbonyl (C=O) groups excluding carboxylic acids is 1. The summed E-state index contributed by atoms with van der Waals surface area (Å²) in [5.41, 5.74) is 2.89. The molecule has 1 aromatic heterocycles. The van der Waals surface area contributed by atoms with Crippen molar-refractivity contribution in [3.05, 3.63) is 42.1 Å². The number of nitrogens with one attached hydrogen (secondary N) is 2. The number of aromatic amines is 1. The van der Waals surface area contributed by atoms with Crippen LogP contribution in [-0.4, -0.2) is 44.8 Å². The molecule has 0 unspecified atom stereocenters. The number of nitrogens with zero attached hydrogens (tertiary/aromatic N) is 1. The van der Waals surface area contributed by atoms with Crippen molar-refractivity contribution in [2.45, 2.75) is 26.8 Å². The molecule has 30 heavy (non-hydrogen) atoms. The summed E-state index contributed by atoms with van der Waals surface area (Å²) in [6.45, 7) is 7.37. The minimum absolute atomic E-state index is 0.252. The average Bonchev–Trinajstić information content (AvgIpc) is 3.19. The summed E-state index contributed by atoms with van der Waals surface area (Å²) in [4.78, 5) is 18.3. The minimum atomic E-state index is -0.252. The van der Waals surface area contributed by atoms with Gasteiger partial charge in [-0.15, -0.1) is 0 Å². The molecule has 2 N–H and O–H groups in total. The number of aromatic nitrogens is 1. The monoisotopic (exact) mass is 411 g/mol. The van der Waals surface area contributed by atoms with Gasteiger partial charge in [0.15, 0.2) is 11.5 Å². The highest BCUT2D eigenvalue weighted by Gasteiger charge is 2.19. The van der Waals surface area contributed by atoms with Crippen LogP contribution >= 0.6 is 0 Å². The third kappa shape index (κ3) is 4.01. The Morgan fingerprint density at radius 3 is 2.23 bits per heavy atom. The average molecular weight is 412 g/mol. The quantitative estimate of drug-likeness (QED) is 0.563. The molecule has 0 saturated heterocycles. The Labute approximate surface area is 176 Å². The number of anilines is 2. The molecule has 0 spiro atoms. The summed E-state index contributed by atoms with van der Waals surface area (Å²) in [5.74, 6) is 1.38. The molecule has 7 heteroatoms. The number of hydrogen-bond acceptors (Lipinski definition) is 5. The second kappa shape index (κ2) is 8.98. The fourth-order valence-electron chi connectivity index (χ4n) is 3.64. The van der Waals surface area contributed by atoms with Crippen molar-refractivity contribution in [3.8, 4) is 17.2 Å². The van der Waals surface area contributed by atoms with E-state index in [4.69, 9.17) is 14.2 Å². The predicted molar refractivity (Wildman–Crippen MR) is 121 cm³/mol. The normalized spacial score (nSPS) is 10.9. The highest BCUT2D eigenvalue weighted by molar-refractivity contribution is 6.08. The Bertz CT molecular complexity index is 1030. The molecule has 0 aliphatic rings. The maximum atomic E-state index is 12.9. The summed E-state index contributed by atoms with van der Waals surface area (Å²) in [5, 5.41) is 3.68. The molecule has 0 radical (unpaired) electrons. The molecule has 0 fully saturated rings. The van der Waals surface area contributed by atoms with Gasteiger partial charge in [0.2, 0.25) is 0 Å². The Kier molecular flexibility index (Phi) is 6.40. The van der Waals surface area contributed by atoms with E-state index in [0.717, 1.165) is 23.3 Å². The van der Waals surface area contributed by atoms with Crippen molar-refractivity contribution in [1.29, 1.82) is 0 Å². The Hall–Kier alpha value is -3.35. The van der Waals surface area contributed by atoms with E-state index >= 15 is 0 Å². The molecule has 0 aliphatic heterocycles. The van der Waals surface area contributed by atoms with Crippen molar-refractivity contribution < 1.29 is 19.0 Å². The fourth-order valence-corrected chi connectivity index (χ4v) is 3.64. The van der Waals surface area contributed by atoms with Gasteiger partial charge in [-0.2, -0.15) is 0 Å². The van der Waals surface area contributed by atoms with E-state index in [-0.39, 0.29) is 5.91 Å². The molecule has 3 aromatic rings. The van der Waals surface area contributed by atoms with E-state index in [9.17, 15) is 4.79 Å². The Balaban J connectivity index is 1.88. The maximum Gasteiger partial charge on any atom is 0.272 e. The van der Waals surface area contributed by atoms with Gasteiger partial charge in [0, 0.05) is 35.4 Å². The largest absolute Gasteiger partial charge is 0.496 e. The first kappa shape index (κ1) is 21.4. The number of benzene rings is 2. The molecule has 2 aromatic carbocycles. The van der Waals surface area contributed by atoms with Gasteiger partial charge in [-0.3, -0.25) is 4.79 Å². The molecule has 3 rings (SSSR count). The number of rotatable bonds is 8. The number of methoxy groups -OCH3 is 3. The van der Waals surface area contributed by atoms with Crippen molar-refractivity contribution in [2.24, 2.45) is 0 Å². The van der Waals surface area contributed by atoms with Crippen LogP contribution in [0.3, 0.4) is 0 Å². The van der Waals surface area contributed by atoms with E-state index in [1.54, 1.807) is 33.5 Å². The number of amides is 1. The van der Waals surface area contributed by atoms with Crippen LogP contribution < -0.4 is 24.4 Å². The lowest BCUT2D eigenvalue weighted by Crippen LogP contribution is -2.30. The summed E-state index contributed by atoms with van der Waals surface area (Å²) < 4.78 is 16.3. The van der Waals surface area contributed by atoms with Gasteiger partial charge < -0.3 is 29.4 Å². The van der Waals surface area contributed by atoms with Gasteiger partial charge in [0.25, 0.3) is 5.91 Å². The van der Waals surface area contributed by atoms with Crippen LogP contribution in [0.4, 0.5) is 11.4 Å². The number of hydrogen-bond donors (Lipinski definition) is 2. The first-order chi connectivity index (χ1) is 14.4. The predicted octanol–water partition coefficient (Wildman–Crippen LogP) is 4.68. The third-order valence-corrected chi connectivity index (χ3v) is 5.11. The maximum absolute atomic E-state index is 12.9. The van der Waals surface area contributed by atoms with Crippen molar-refractivity contribution in [3.63, 3.8) is 0 Å². The SMILES string of the molecule is CCN(c1ccc(NC(=O)c2cc3c(OC)cc(OC)c(OC)c3[nH]2)cc1)C(C)C. The van der Waals surface area contributed by atoms with Crippen molar-refractivity contribution >= 4 is 28.2 Å². The van der Waals surface area contributed by atoms with Crippen molar-refractivity contribution in [2.75, 3.05) is 38.1 Å². The Morgan fingerprint density at radius 1 is 1.03 bits per heavy atom. The van der Waals surface area contributed by atoms with Gasteiger partial charge in [-0.05, 0) is 51.1 Å². The van der Waals surface area contributed by atoms with E-state index in [1.807, 2.05) is 24.3 Å². The highest BCUT2D eigenvalue weighted by Crippen LogP contribution is 2.41. The zero-order chi connectivity index (χ0) is 21.8. The summed E-state index contributed by atoms with van der Waals surface area (Å²) in [6.07, 6.45) is 0. The first-order valence-electron chi connectivity index (χ1n) is 9.93. The van der Waals surface area contributed by atoms with Gasteiger partial charge in [0.1, 0.15) is 11.4 Å². The van der Waals surface area contributed by atoms with Gasteiger partial charge in [-0.1, -0.05) is 0 Å². The van der Waals surface area contributed by atoms with Gasteiger partial charge in [0.05, 0.1) is 26.8 Å². The van der Waals surface area contributed by atoms with Gasteiger partial charge in [-0.25, -0.2) is 0 Å². The number of H-pyrrole nitrogens is 1. The highest BCUT2D eigenvalue weighted by atomic mass is 16.5. The first-order valence-corrected chi connectivity index (χ1v) is 9.93. The van der Waals surface area contributed by atoms with Crippen LogP contribution in [0.15, 0.2) is 36.4 Å². The van der Waals surface area contributed by atoms with Crippen LogP contribution in [0.25, 0.3) is 10.9 Å². The molecule has 0 bridgehead atoms. The second-order valence-corrected chi connectivity index (χ2v) is 7.17.